The first-order valence-electron chi connectivity index (χ1n) is 5.62. The van der Waals surface area contributed by atoms with Crippen LogP contribution in [0.15, 0.2) is 23.6 Å². The van der Waals surface area contributed by atoms with Crippen LogP contribution in [0, 0.1) is 6.92 Å². The van der Waals surface area contributed by atoms with E-state index in [-0.39, 0.29) is 0 Å². The molecule has 2 nitrogen and oxygen atoms in total. The zero-order chi connectivity index (χ0) is 12.3. The van der Waals surface area contributed by atoms with E-state index in [1.807, 2.05) is 25.1 Å². The summed E-state index contributed by atoms with van der Waals surface area (Å²) in [5.74, 6) is 0. The number of hydrogen-bond donors (Lipinski definition) is 1. The fraction of sp³-hybridized carbons (Fsp3) is 0.308. The molecule has 0 saturated carbocycles. The molecule has 90 valence electrons. The number of halogens is 1. The highest BCUT2D eigenvalue weighted by Gasteiger charge is 2.02. The summed E-state index contributed by atoms with van der Waals surface area (Å²) in [6.45, 7) is 4.87. The van der Waals surface area contributed by atoms with Gasteiger partial charge in [-0.15, -0.1) is 11.3 Å². The maximum absolute atomic E-state index is 6.15. The molecule has 2 aromatic rings. The lowest BCUT2D eigenvalue weighted by atomic mass is 10.2. The lowest BCUT2D eigenvalue weighted by Crippen LogP contribution is -2.00. The largest absolute Gasteiger partial charge is 0.378 e. The van der Waals surface area contributed by atoms with E-state index in [2.05, 4.69) is 22.6 Å². The van der Waals surface area contributed by atoms with Gasteiger partial charge in [0.25, 0.3) is 0 Å². The number of nitrogens with one attached hydrogen (secondary N) is 1. The third-order valence-corrected chi connectivity index (χ3v) is 3.84. The first kappa shape index (κ1) is 12.4. The number of nitrogens with zero attached hydrogens (tertiary/aromatic N) is 1. The zero-order valence-electron chi connectivity index (χ0n) is 9.96. The summed E-state index contributed by atoms with van der Waals surface area (Å²) >= 11 is 7.86. The summed E-state index contributed by atoms with van der Waals surface area (Å²) in [7, 11) is 0. The standard InChI is InChI=1S/C13H15ClN2S/c1-3-13-16-10(8-17-13)7-15-12-5-4-9(2)6-11(12)14/h4-6,8,15H,3,7H2,1-2H3. The Morgan fingerprint density at radius 3 is 2.88 bits per heavy atom. The third-order valence-electron chi connectivity index (χ3n) is 2.49. The van der Waals surface area contributed by atoms with Crippen LogP contribution in [0.3, 0.4) is 0 Å². The molecule has 0 saturated heterocycles. The predicted octanol–water partition coefficient (Wildman–Crippen LogP) is 4.28. The van der Waals surface area contributed by atoms with E-state index in [4.69, 9.17) is 11.6 Å². The summed E-state index contributed by atoms with van der Waals surface area (Å²) in [4.78, 5) is 4.50. The van der Waals surface area contributed by atoms with Crippen LogP contribution in [0.25, 0.3) is 0 Å². The second-order valence-electron chi connectivity index (χ2n) is 3.92. The number of anilines is 1. The van der Waals surface area contributed by atoms with Crippen molar-refractivity contribution in [3.05, 3.63) is 44.9 Å². The van der Waals surface area contributed by atoms with Gasteiger partial charge in [-0.2, -0.15) is 0 Å². The van der Waals surface area contributed by atoms with Gasteiger partial charge < -0.3 is 5.32 Å². The van der Waals surface area contributed by atoms with Crippen molar-refractivity contribution in [3.63, 3.8) is 0 Å². The third kappa shape index (κ3) is 3.20. The summed E-state index contributed by atoms with van der Waals surface area (Å²) in [6.07, 6.45) is 0.996. The molecular formula is C13H15ClN2S. The van der Waals surface area contributed by atoms with E-state index >= 15 is 0 Å². The van der Waals surface area contributed by atoms with Crippen molar-refractivity contribution in [2.24, 2.45) is 0 Å². The van der Waals surface area contributed by atoms with Gasteiger partial charge in [0.15, 0.2) is 0 Å². The van der Waals surface area contributed by atoms with Crippen LogP contribution in [0.5, 0.6) is 0 Å². The van der Waals surface area contributed by atoms with Crippen molar-refractivity contribution < 1.29 is 0 Å². The molecule has 0 radical (unpaired) electrons. The molecule has 17 heavy (non-hydrogen) atoms. The van der Waals surface area contributed by atoms with Crippen molar-refractivity contribution in [3.8, 4) is 0 Å². The summed E-state index contributed by atoms with van der Waals surface area (Å²) in [6, 6.07) is 6.01. The van der Waals surface area contributed by atoms with E-state index in [1.165, 1.54) is 10.6 Å². The highest BCUT2D eigenvalue weighted by molar-refractivity contribution is 7.09. The molecule has 1 aromatic heterocycles. The Balaban J connectivity index is 2.02. The molecule has 0 amide bonds. The van der Waals surface area contributed by atoms with Crippen molar-refractivity contribution in [2.45, 2.75) is 26.8 Å². The first-order valence-corrected chi connectivity index (χ1v) is 6.88. The van der Waals surface area contributed by atoms with Crippen LogP contribution in [0.2, 0.25) is 5.02 Å². The molecule has 1 aromatic carbocycles. The van der Waals surface area contributed by atoms with Crippen molar-refractivity contribution in [1.29, 1.82) is 0 Å². The molecule has 4 heteroatoms. The SMILES string of the molecule is CCc1nc(CNc2ccc(C)cc2Cl)cs1. The Morgan fingerprint density at radius 2 is 2.24 bits per heavy atom. The van der Waals surface area contributed by atoms with Gasteiger partial charge in [-0.3, -0.25) is 0 Å². The summed E-state index contributed by atoms with van der Waals surface area (Å²) in [5, 5.41) is 7.34. The van der Waals surface area contributed by atoms with E-state index < -0.39 is 0 Å². The predicted molar refractivity (Wildman–Crippen MR) is 75.0 cm³/mol. The minimum absolute atomic E-state index is 0.722. The zero-order valence-corrected chi connectivity index (χ0v) is 11.5. The maximum atomic E-state index is 6.15. The second kappa shape index (κ2) is 5.52. The van der Waals surface area contributed by atoms with Crippen LogP contribution in [0.4, 0.5) is 5.69 Å². The lowest BCUT2D eigenvalue weighted by molar-refractivity contribution is 1.01. The number of rotatable bonds is 4. The molecule has 0 aliphatic carbocycles. The highest BCUT2D eigenvalue weighted by atomic mass is 35.5. The van der Waals surface area contributed by atoms with E-state index in [1.54, 1.807) is 11.3 Å². The van der Waals surface area contributed by atoms with Crippen LogP contribution in [0.1, 0.15) is 23.2 Å². The van der Waals surface area contributed by atoms with E-state index in [0.29, 0.717) is 0 Å². The molecule has 0 spiro atoms. The Morgan fingerprint density at radius 1 is 1.41 bits per heavy atom. The molecule has 1 heterocycles. The van der Waals surface area contributed by atoms with Gasteiger partial charge in [-0.05, 0) is 31.0 Å². The molecule has 1 N–H and O–H groups in total. The van der Waals surface area contributed by atoms with Crippen molar-refractivity contribution in [2.75, 3.05) is 5.32 Å². The monoisotopic (exact) mass is 266 g/mol. The highest BCUT2D eigenvalue weighted by Crippen LogP contribution is 2.23. The molecule has 2 rings (SSSR count). The van der Waals surface area contributed by atoms with Crippen LogP contribution in [-0.2, 0) is 13.0 Å². The van der Waals surface area contributed by atoms with Gasteiger partial charge in [0.2, 0.25) is 0 Å². The molecule has 0 fully saturated rings. The van der Waals surface area contributed by atoms with E-state index in [9.17, 15) is 0 Å². The molecule has 0 aliphatic heterocycles. The number of thiazole rings is 1. The smallest absolute Gasteiger partial charge is 0.0926 e. The summed E-state index contributed by atoms with van der Waals surface area (Å²) < 4.78 is 0. The molecule has 0 bridgehead atoms. The fourth-order valence-corrected chi connectivity index (χ4v) is 2.59. The van der Waals surface area contributed by atoms with Crippen LogP contribution < -0.4 is 5.32 Å². The van der Waals surface area contributed by atoms with Gasteiger partial charge in [0.05, 0.1) is 28.0 Å². The first-order chi connectivity index (χ1) is 8.19. The topological polar surface area (TPSA) is 24.9 Å². The number of hydrogen-bond acceptors (Lipinski definition) is 3. The molecule has 0 atom stereocenters. The quantitative estimate of drug-likeness (QED) is 0.893. The second-order valence-corrected chi connectivity index (χ2v) is 5.27. The Bertz CT molecular complexity index is 508. The average molecular weight is 267 g/mol. The number of benzene rings is 1. The minimum Gasteiger partial charge on any atom is -0.378 e. The van der Waals surface area contributed by atoms with Gasteiger partial charge in [0.1, 0.15) is 0 Å². The normalized spacial score (nSPS) is 10.5. The number of aryl methyl sites for hydroxylation is 2. The molecular weight excluding hydrogens is 252 g/mol. The minimum atomic E-state index is 0.722. The van der Waals surface area contributed by atoms with Crippen LogP contribution in [-0.4, -0.2) is 4.98 Å². The van der Waals surface area contributed by atoms with Crippen LogP contribution >= 0.6 is 22.9 Å². The summed E-state index contributed by atoms with van der Waals surface area (Å²) in [5.41, 5.74) is 3.20. The Hall–Kier alpha value is -1.06. The Labute approximate surface area is 111 Å². The van der Waals surface area contributed by atoms with Gasteiger partial charge >= 0.3 is 0 Å². The van der Waals surface area contributed by atoms with Gasteiger partial charge in [-0.25, -0.2) is 4.98 Å². The van der Waals surface area contributed by atoms with Gasteiger partial charge in [0, 0.05) is 5.38 Å². The lowest BCUT2D eigenvalue weighted by Gasteiger charge is -2.07. The fourth-order valence-electron chi connectivity index (χ4n) is 1.54. The van der Waals surface area contributed by atoms with Crippen molar-refractivity contribution >= 4 is 28.6 Å². The maximum Gasteiger partial charge on any atom is 0.0926 e. The molecule has 0 aliphatic rings. The average Bonchev–Trinajstić information content (AvgIpc) is 2.76. The van der Waals surface area contributed by atoms with Crippen molar-refractivity contribution in [1.82, 2.24) is 4.98 Å². The van der Waals surface area contributed by atoms with E-state index in [0.717, 1.165) is 29.4 Å². The van der Waals surface area contributed by atoms with Gasteiger partial charge in [-0.1, -0.05) is 24.6 Å². The Kier molecular flexibility index (Phi) is 4.02. The molecule has 0 unspecified atom stereocenters. The number of aromatic nitrogens is 1.